The van der Waals surface area contributed by atoms with Gasteiger partial charge in [0.15, 0.2) is 11.2 Å². The second-order valence-electron chi connectivity index (χ2n) is 6.70. The maximum absolute atomic E-state index is 12.3. The van der Waals surface area contributed by atoms with Crippen molar-refractivity contribution in [2.45, 2.75) is 45.6 Å². The largest absolute Gasteiger partial charge is 0.504 e. The van der Waals surface area contributed by atoms with Crippen LogP contribution in [0.4, 0.5) is 0 Å². The predicted molar refractivity (Wildman–Crippen MR) is 96.8 cm³/mol. The zero-order valence-electron chi connectivity index (χ0n) is 14.9. The van der Waals surface area contributed by atoms with Gasteiger partial charge in [0.2, 0.25) is 0 Å². The van der Waals surface area contributed by atoms with Crippen LogP contribution in [0.2, 0.25) is 0 Å². The van der Waals surface area contributed by atoms with Crippen LogP contribution >= 0.6 is 0 Å². The number of carbonyl (C=O) groups excluding carboxylic acids is 1. The normalized spacial score (nSPS) is 21.5. The molecule has 2 heterocycles. The quantitative estimate of drug-likeness (QED) is 0.809. The lowest BCUT2D eigenvalue weighted by Crippen LogP contribution is -2.30. The van der Waals surface area contributed by atoms with E-state index in [4.69, 9.17) is 4.74 Å². The van der Waals surface area contributed by atoms with E-state index in [2.05, 4.69) is 5.18 Å². The third-order valence-corrected chi connectivity index (χ3v) is 5.04. The number of rotatable bonds is 5. The highest BCUT2D eigenvalue weighted by molar-refractivity contribution is 5.94. The average molecular weight is 358 g/mol. The zero-order valence-corrected chi connectivity index (χ0v) is 14.9. The number of aliphatic hydroxyl groups is 1. The number of pyridine rings is 1. The second-order valence-corrected chi connectivity index (χ2v) is 6.70. The Hall–Kier alpha value is -2.70. The Balaban J connectivity index is 2.11. The minimum atomic E-state index is -1.06. The molecule has 2 atom stereocenters. The smallest absolute Gasteiger partial charge is 0.322 e. The van der Waals surface area contributed by atoms with E-state index in [0.717, 1.165) is 24.8 Å². The topological polar surface area (TPSA) is 98.0 Å². The molecule has 1 aliphatic heterocycles. The van der Waals surface area contributed by atoms with Crippen LogP contribution in [0.25, 0.3) is 5.57 Å². The molecule has 3 rings (SSSR count). The summed E-state index contributed by atoms with van der Waals surface area (Å²) in [4.78, 5) is 34.5. The molecule has 2 aliphatic rings. The molecule has 1 amide bonds. The van der Waals surface area contributed by atoms with E-state index >= 15 is 0 Å². The highest BCUT2D eigenvalue weighted by atomic mass is 16.5. The van der Waals surface area contributed by atoms with Gasteiger partial charge in [0.25, 0.3) is 0 Å². The molecule has 0 radical (unpaired) electrons. The van der Waals surface area contributed by atoms with Crippen LogP contribution < -0.4 is 5.43 Å². The first kappa shape index (κ1) is 18.1. The minimum Gasteiger partial charge on any atom is -0.504 e. The first-order chi connectivity index (χ1) is 12.5. The number of hydrogen-bond acceptors (Lipinski definition) is 5. The van der Waals surface area contributed by atoms with E-state index in [0.29, 0.717) is 24.5 Å². The molecule has 2 unspecified atom stereocenters. The van der Waals surface area contributed by atoms with Gasteiger partial charge in [0.1, 0.15) is 11.3 Å². The molecule has 0 aromatic carbocycles. The molecule has 7 nitrogen and oxygen atoms in total. The van der Waals surface area contributed by atoms with Gasteiger partial charge in [-0.3, -0.25) is 9.59 Å². The number of nitroso groups, excluding NO2 is 1. The summed E-state index contributed by atoms with van der Waals surface area (Å²) in [5.74, 6) is -0.262. The number of allylic oxidation sites excluding steroid dienone is 3. The van der Waals surface area contributed by atoms with E-state index in [-0.39, 0.29) is 23.3 Å². The Morgan fingerprint density at radius 2 is 2.19 bits per heavy atom. The molecular formula is C19H22N2O5. The van der Waals surface area contributed by atoms with E-state index in [9.17, 15) is 19.6 Å². The highest BCUT2D eigenvalue weighted by Crippen LogP contribution is 2.44. The lowest BCUT2D eigenvalue weighted by molar-refractivity contribution is 0.0998. The van der Waals surface area contributed by atoms with Gasteiger partial charge in [-0.15, -0.1) is 4.91 Å². The van der Waals surface area contributed by atoms with E-state index in [1.807, 2.05) is 18.4 Å². The van der Waals surface area contributed by atoms with Crippen LogP contribution in [-0.2, 0) is 4.74 Å². The Morgan fingerprint density at radius 3 is 2.85 bits per heavy atom. The van der Waals surface area contributed by atoms with Crippen molar-refractivity contribution in [3.05, 3.63) is 56.2 Å². The Morgan fingerprint density at radius 1 is 1.42 bits per heavy atom. The van der Waals surface area contributed by atoms with Crippen LogP contribution in [0.3, 0.4) is 0 Å². The summed E-state index contributed by atoms with van der Waals surface area (Å²) in [7, 11) is 0. The Labute approximate surface area is 151 Å². The van der Waals surface area contributed by atoms with Gasteiger partial charge in [-0.05, 0) is 36.8 Å². The first-order valence-electron chi connectivity index (χ1n) is 8.90. The molecule has 138 valence electrons. The van der Waals surface area contributed by atoms with Crippen LogP contribution in [-0.4, -0.2) is 22.2 Å². The van der Waals surface area contributed by atoms with Gasteiger partial charge in [0.05, 0.1) is 6.61 Å². The number of carbonyl (C=O) groups is 1. The minimum absolute atomic E-state index is 0.0772. The Kier molecular flexibility index (Phi) is 5.06. The number of ether oxygens (including phenoxy) is 1. The number of aromatic nitrogens is 1. The maximum Gasteiger partial charge on any atom is 0.322 e. The van der Waals surface area contributed by atoms with Gasteiger partial charge in [-0.2, -0.15) is 0 Å². The molecule has 0 saturated carbocycles. The van der Waals surface area contributed by atoms with Gasteiger partial charge in [0, 0.05) is 35.6 Å². The standard InChI is InChI=1S/C19H22N2O5/c1-3-5-26-18-7-11-6-12(4-2)21-10-14(19(24)20-25)16(22)9-15(21)13(11)8-17(18)23/h8-12,23H,3-7H2,1-2H3. The van der Waals surface area contributed by atoms with Crippen LogP contribution in [0, 0.1) is 10.8 Å². The van der Waals surface area contributed by atoms with Crippen molar-refractivity contribution in [2.24, 2.45) is 11.1 Å². The fourth-order valence-electron chi connectivity index (χ4n) is 3.73. The van der Waals surface area contributed by atoms with Crippen molar-refractivity contribution in [1.82, 2.24) is 4.57 Å². The molecule has 1 N–H and O–H groups in total. The fraction of sp³-hybridized carbons (Fsp3) is 0.474. The molecule has 1 aromatic rings. The van der Waals surface area contributed by atoms with Gasteiger partial charge >= 0.3 is 5.91 Å². The van der Waals surface area contributed by atoms with Crippen LogP contribution in [0.15, 0.2) is 39.8 Å². The summed E-state index contributed by atoms with van der Waals surface area (Å²) in [6, 6.07) is 1.45. The highest BCUT2D eigenvalue weighted by Gasteiger charge is 2.34. The van der Waals surface area contributed by atoms with Crippen LogP contribution in [0.5, 0.6) is 0 Å². The summed E-state index contributed by atoms with van der Waals surface area (Å²) in [5.41, 5.74) is 0.769. The number of amides is 1. The van der Waals surface area contributed by atoms with Gasteiger partial charge < -0.3 is 14.4 Å². The van der Waals surface area contributed by atoms with Crippen molar-refractivity contribution in [2.75, 3.05) is 6.61 Å². The summed E-state index contributed by atoms with van der Waals surface area (Å²) in [6.45, 7) is 4.59. The monoisotopic (exact) mass is 358 g/mol. The number of fused-ring (bicyclic) bond motifs is 3. The summed E-state index contributed by atoms with van der Waals surface area (Å²) < 4.78 is 7.52. The van der Waals surface area contributed by atoms with Crippen LogP contribution in [0.1, 0.15) is 61.6 Å². The van der Waals surface area contributed by atoms with E-state index in [1.54, 1.807) is 6.08 Å². The number of nitrogens with zero attached hydrogens (tertiary/aromatic N) is 2. The summed E-state index contributed by atoms with van der Waals surface area (Å²) in [5, 5.41) is 12.7. The average Bonchev–Trinajstić information content (AvgIpc) is 2.65. The first-order valence-corrected chi connectivity index (χ1v) is 8.90. The van der Waals surface area contributed by atoms with E-state index < -0.39 is 11.3 Å². The van der Waals surface area contributed by atoms with Gasteiger partial charge in [-0.1, -0.05) is 13.8 Å². The van der Waals surface area contributed by atoms with Gasteiger partial charge in [-0.25, -0.2) is 0 Å². The molecular weight excluding hydrogens is 336 g/mol. The molecule has 0 fully saturated rings. The molecule has 1 aromatic heterocycles. The molecule has 0 bridgehead atoms. The molecule has 26 heavy (non-hydrogen) atoms. The third-order valence-electron chi connectivity index (χ3n) is 5.04. The molecule has 7 heteroatoms. The zero-order chi connectivity index (χ0) is 18.8. The van der Waals surface area contributed by atoms with Crippen molar-refractivity contribution in [3.8, 4) is 0 Å². The lowest BCUT2D eigenvalue weighted by Gasteiger charge is -2.37. The predicted octanol–water partition coefficient (Wildman–Crippen LogP) is 3.71. The second kappa shape index (κ2) is 7.27. The summed E-state index contributed by atoms with van der Waals surface area (Å²) >= 11 is 0. The number of hydrogen-bond donors (Lipinski definition) is 1. The molecule has 1 aliphatic carbocycles. The molecule has 0 spiro atoms. The van der Waals surface area contributed by atoms with Crippen molar-refractivity contribution in [1.29, 1.82) is 0 Å². The van der Waals surface area contributed by atoms with Crippen molar-refractivity contribution in [3.63, 3.8) is 0 Å². The van der Waals surface area contributed by atoms with Crippen molar-refractivity contribution >= 4 is 11.5 Å². The number of aliphatic hydroxyl groups excluding tert-OH is 1. The lowest BCUT2D eigenvalue weighted by atomic mass is 9.79. The Bertz CT molecular complexity index is 865. The fourth-order valence-corrected chi connectivity index (χ4v) is 3.73. The SMILES string of the molecule is CCCOC1=C(O)C=C2c3cc(=O)c(C(=O)N=O)cn3C(CC)CC2C1. The van der Waals surface area contributed by atoms with E-state index in [1.165, 1.54) is 12.3 Å². The molecule has 0 saturated heterocycles. The maximum atomic E-state index is 12.3. The summed E-state index contributed by atoms with van der Waals surface area (Å²) in [6.07, 6.45) is 6.12. The third kappa shape index (κ3) is 3.09. The van der Waals surface area contributed by atoms with Crippen molar-refractivity contribution < 1.29 is 14.6 Å².